The predicted octanol–water partition coefficient (Wildman–Crippen LogP) is 3.64. The third kappa shape index (κ3) is 4.66. The fourth-order valence-electron chi connectivity index (χ4n) is 3.92. The van der Waals surface area contributed by atoms with Gasteiger partial charge in [-0.1, -0.05) is 35.9 Å². The molecule has 1 fully saturated rings. The van der Waals surface area contributed by atoms with Gasteiger partial charge in [0.25, 0.3) is 0 Å². The smallest absolute Gasteiger partial charge is 0.242 e. The molecule has 4 rings (SSSR count). The first kappa shape index (κ1) is 22.4. The highest BCUT2D eigenvalue weighted by molar-refractivity contribution is 7.92. The lowest BCUT2D eigenvalue weighted by Gasteiger charge is -2.15. The lowest BCUT2D eigenvalue weighted by Crippen LogP contribution is -2.30. The van der Waals surface area contributed by atoms with Gasteiger partial charge in [-0.3, -0.25) is 9.59 Å². The zero-order valence-electron chi connectivity index (χ0n) is 17.7. The van der Waals surface area contributed by atoms with Crippen LogP contribution in [0.4, 0.5) is 5.69 Å². The molecule has 7 nitrogen and oxygen atoms in total. The number of nitrogens with one attached hydrogen (secondary N) is 1. The maximum atomic E-state index is 13.1. The van der Waals surface area contributed by atoms with Crippen molar-refractivity contribution < 1.29 is 18.0 Å². The van der Waals surface area contributed by atoms with Crippen molar-refractivity contribution in [1.82, 2.24) is 9.47 Å². The van der Waals surface area contributed by atoms with Crippen molar-refractivity contribution in [3.63, 3.8) is 0 Å². The highest BCUT2D eigenvalue weighted by Gasteiger charge is 2.26. The van der Waals surface area contributed by atoms with Crippen LogP contribution in [0.25, 0.3) is 10.9 Å². The molecule has 168 valence electrons. The number of para-hydroxylation sites is 1. The van der Waals surface area contributed by atoms with E-state index < -0.39 is 21.5 Å². The van der Waals surface area contributed by atoms with Crippen LogP contribution >= 0.6 is 11.6 Å². The van der Waals surface area contributed by atoms with Gasteiger partial charge in [0.1, 0.15) is 12.3 Å². The van der Waals surface area contributed by atoms with E-state index in [2.05, 4.69) is 5.32 Å². The topological polar surface area (TPSA) is 88.5 Å². The number of nitrogens with zero attached hydrogens (tertiary/aromatic N) is 2. The molecule has 9 heteroatoms. The van der Waals surface area contributed by atoms with Crippen LogP contribution in [-0.2, 0) is 26.0 Å². The number of carbonyl (C=O) groups is 2. The number of hydrogen-bond acceptors (Lipinski definition) is 4. The van der Waals surface area contributed by atoms with Crippen molar-refractivity contribution >= 4 is 49.8 Å². The molecule has 32 heavy (non-hydrogen) atoms. The minimum Gasteiger partial charge on any atom is -0.341 e. The van der Waals surface area contributed by atoms with Crippen molar-refractivity contribution in [2.45, 2.75) is 31.2 Å². The summed E-state index contributed by atoms with van der Waals surface area (Å²) in [5.41, 5.74) is 1.93. The van der Waals surface area contributed by atoms with E-state index in [0.29, 0.717) is 21.6 Å². The maximum Gasteiger partial charge on any atom is 0.242 e. The van der Waals surface area contributed by atoms with Crippen LogP contribution in [0.2, 0.25) is 5.02 Å². The van der Waals surface area contributed by atoms with Crippen molar-refractivity contribution in [3.8, 4) is 0 Å². The fourth-order valence-corrected chi connectivity index (χ4v) is 5.47. The van der Waals surface area contributed by atoms with Crippen LogP contribution in [0.3, 0.4) is 0 Å². The molecule has 0 atom stereocenters. The first-order valence-corrected chi connectivity index (χ1v) is 12.4. The second-order valence-corrected chi connectivity index (χ2v) is 10.4. The molecule has 0 unspecified atom stereocenters. The fraction of sp³-hybridized carbons (Fsp3) is 0.304. The second-order valence-electron chi connectivity index (χ2n) is 8.00. The maximum absolute atomic E-state index is 13.1. The molecule has 1 aliphatic rings. The average molecular weight is 474 g/mol. The zero-order valence-corrected chi connectivity index (χ0v) is 19.2. The quantitative estimate of drug-likeness (QED) is 0.592. The summed E-state index contributed by atoms with van der Waals surface area (Å²) in [4.78, 5) is 27.0. The van der Waals surface area contributed by atoms with Crippen LogP contribution in [-0.4, -0.2) is 48.5 Å². The Morgan fingerprint density at radius 3 is 2.53 bits per heavy atom. The predicted molar refractivity (Wildman–Crippen MR) is 125 cm³/mol. The van der Waals surface area contributed by atoms with Crippen molar-refractivity contribution in [3.05, 3.63) is 59.2 Å². The molecule has 0 aliphatic carbocycles. The Morgan fingerprint density at radius 2 is 1.81 bits per heavy atom. The van der Waals surface area contributed by atoms with E-state index in [9.17, 15) is 18.0 Å². The number of halogens is 1. The van der Waals surface area contributed by atoms with Gasteiger partial charge in [-0.05, 0) is 43.5 Å². The number of anilines is 1. The number of sulfone groups is 1. The average Bonchev–Trinajstić information content (AvgIpc) is 3.39. The molecule has 1 aliphatic heterocycles. The number of amides is 2. The molecule has 3 aromatic rings. The first-order valence-electron chi connectivity index (χ1n) is 10.4. The number of carbonyl (C=O) groups excluding carboxylic acids is 2. The van der Waals surface area contributed by atoms with Gasteiger partial charge in [0.2, 0.25) is 11.8 Å². The van der Waals surface area contributed by atoms with Gasteiger partial charge in [-0.15, -0.1) is 0 Å². The summed E-state index contributed by atoms with van der Waals surface area (Å²) in [5, 5.41) is 3.57. The van der Waals surface area contributed by atoms with Gasteiger partial charge in [0, 0.05) is 40.9 Å². The Morgan fingerprint density at radius 1 is 1.09 bits per heavy atom. The van der Waals surface area contributed by atoms with E-state index in [1.807, 2.05) is 6.92 Å². The molecule has 1 aromatic heterocycles. The largest absolute Gasteiger partial charge is 0.341 e. The molecule has 1 saturated heterocycles. The summed E-state index contributed by atoms with van der Waals surface area (Å²) in [6, 6.07) is 12.0. The lowest BCUT2D eigenvalue weighted by atomic mass is 10.2. The molecule has 0 radical (unpaired) electrons. The van der Waals surface area contributed by atoms with Crippen molar-refractivity contribution in [1.29, 1.82) is 0 Å². The number of aromatic nitrogens is 1. The van der Waals surface area contributed by atoms with Crippen LogP contribution in [0.15, 0.2) is 53.6 Å². The van der Waals surface area contributed by atoms with E-state index in [1.54, 1.807) is 51.9 Å². The number of aryl methyl sites for hydroxylation is 1. The van der Waals surface area contributed by atoms with E-state index in [0.717, 1.165) is 31.5 Å². The molecule has 0 saturated carbocycles. The second kappa shape index (κ2) is 8.96. The summed E-state index contributed by atoms with van der Waals surface area (Å²) in [7, 11) is -3.95. The number of benzene rings is 2. The molecule has 2 aromatic carbocycles. The van der Waals surface area contributed by atoms with Crippen LogP contribution < -0.4 is 5.32 Å². The highest BCUT2D eigenvalue weighted by atomic mass is 35.5. The summed E-state index contributed by atoms with van der Waals surface area (Å²) in [6.07, 6.45) is 3.43. The molecular weight excluding hydrogens is 450 g/mol. The van der Waals surface area contributed by atoms with E-state index >= 15 is 0 Å². The molecule has 2 amide bonds. The van der Waals surface area contributed by atoms with Gasteiger partial charge in [-0.2, -0.15) is 0 Å². The highest BCUT2D eigenvalue weighted by Crippen LogP contribution is 2.27. The third-order valence-electron chi connectivity index (χ3n) is 5.63. The summed E-state index contributed by atoms with van der Waals surface area (Å²) in [6.45, 7) is 3.35. The Bertz CT molecular complexity index is 1290. The van der Waals surface area contributed by atoms with Crippen molar-refractivity contribution in [2.75, 3.05) is 24.2 Å². The van der Waals surface area contributed by atoms with Gasteiger partial charge in [0.05, 0.1) is 4.90 Å². The molecule has 2 heterocycles. The number of fused-ring (bicyclic) bond motifs is 1. The van der Waals surface area contributed by atoms with Gasteiger partial charge in [-0.25, -0.2) is 8.42 Å². The Labute approximate surface area is 191 Å². The van der Waals surface area contributed by atoms with Gasteiger partial charge < -0.3 is 14.8 Å². The Balaban J connectivity index is 1.58. The van der Waals surface area contributed by atoms with Crippen LogP contribution in [0.5, 0.6) is 0 Å². The van der Waals surface area contributed by atoms with Gasteiger partial charge >= 0.3 is 0 Å². The number of rotatable bonds is 6. The first-order chi connectivity index (χ1) is 15.2. The number of likely N-dealkylation sites (tertiary alicyclic amines) is 1. The van der Waals surface area contributed by atoms with E-state index in [1.165, 1.54) is 6.20 Å². The molecular formula is C23H24ClN3O4S. The lowest BCUT2D eigenvalue weighted by molar-refractivity contribution is -0.130. The molecule has 0 bridgehead atoms. The van der Waals surface area contributed by atoms with Crippen LogP contribution in [0.1, 0.15) is 18.4 Å². The zero-order chi connectivity index (χ0) is 22.9. The minimum atomic E-state index is -3.95. The van der Waals surface area contributed by atoms with Gasteiger partial charge in [0.15, 0.2) is 9.84 Å². The SMILES string of the molecule is Cc1ccc(NC(=O)CS(=O)(=O)c2cn(CC(=O)N3CCCC3)c3ccccc23)cc1Cl. The Hall–Kier alpha value is -2.84. The van der Waals surface area contributed by atoms with E-state index in [4.69, 9.17) is 11.6 Å². The normalized spacial score (nSPS) is 14.1. The summed E-state index contributed by atoms with van der Waals surface area (Å²) >= 11 is 6.08. The molecule has 1 N–H and O–H groups in total. The standard InChI is InChI=1S/C23H24ClN3O4S/c1-16-8-9-17(12-19(16)24)25-22(28)15-32(30,31)21-13-27(20-7-3-2-6-18(20)21)14-23(29)26-10-4-5-11-26/h2-3,6-9,12-13H,4-5,10-11,14-15H2,1H3,(H,25,28). The minimum absolute atomic E-state index is 0.0406. The monoisotopic (exact) mass is 473 g/mol. The Kier molecular flexibility index (Phi) is 6.26. The molecule has 0 spiro atoms. The van der Waals surface area contributed by atoms with Crippen molar-refractivity contribution in [2.24, 2.45) is 0 Å². The summed E-state index contributed by atoms with van der Waals surface area (Å²) in [5.74, 6) is -1.41. The van der Waals surface area contributed by atoms with E-state index in [-0.39, 0.29) is 17.3 Å². The van der Waals surface area contributed by atoms with Crippen LogP contribution in [0, 0.1) is 6.92 Å². The number of hydrogen-bond donors (Lipinski definition) is 1. The third-order valence-corrected chi connectivity index (χ3v) is 7.67. The summed E-state index contributed by atoms with van der Waals surface area (Å²) < 4.78 is 27.9.